The molecule has 3 aromatic carbocycles. The van der Waals surface area contributed by atoms with Crippen molar-refractivity contribution in [2.45, 2.75) is 37.5 Å². The van der Waals surface area contributed by atoms with Crippen LogP contribution in [0.2, 0.25) is 0 Å². The Morgan fingerprint density at radius 1 is 0.939 bits per heavy atom. The molecule has 1 amide bonds. The van der Waals surface area contributed by atoms with Gasteiger partial charge in [-0.3, -0.25) is 9.78 Å². The predicted molar refractivity (Wildman–Crippen MR) is 133 cm³/mol. The van der Waals surface area contributed by atoms with E-state index in [0.717, 1.165) is 29.4 Å². The number of aromatic nitrogens is 1. The maximum atomic E-state index is 14.1. The van der Waals surface area contributed by atoms with Gasteiger partial charge in [-0.05, 0) is 61.3 Å². The number of benzene rings is 3. The third kappa shape index (κ3) is 3.26. The molecule has 4 atom stereocenters. The molecule has 4 unspecified atom stereocenters. The molecular formula is C30H28N2O. The minimum Gasteiger partial charge on any atom is -0.324 e. The van der Waals surface area contributed by atoms with E-state index in [1.165, 1.54) is 23.1 Å². The van der Waals surface area contributed by atoms with E-state index in [9.17, 15) is 4.79 Å². The van der Waals surface area contributed by atoms with Gasteiger partial charge >= 0.3 is 0 Å². The number of anilines is 1. The topological polar surface area (TPSA) is 42.0 Å². The standard InChI is InChI=1S/C30H28N2O/c1-20-12-14-21(15-13-20)26-23-16-17-30(19-23,24-9-3-2-4-10-24)27(26)29(33)32-25-11-5-7-22-8-6-18-31-28(22)25/h2-15,18,23,26-27H,16-17,19H2,1H3,(H,32,33). The SMILES string of the molecule is Cc1ccc(C2C3CCC(c4ccccc4)(C3)C2C(=O)Nc2cccc3cccnc23)cc1. The van der Waals surface area contributed by atoms with E-state index in [4.69, 9.17) is 0 Å². The lowest BCUT2D eigenvalue weighted by atomic mass is 9.64. The fraction of sp³-hybridized carbons (Fsp3) is 0.267. The normalized spacial score (nSPS) is 25.9. The number of aryl methyl sites for hydroxylation is 1. The van der Waals surface area contributed by atoms with Crippen molar-refractivity contribution in [2.75, 3.05) is 5.32 Å². The Balaban J connectivity index is 1.44. The van der Waals surface area contributed by atoms with Crippen molar-refractivity contribution in [1.29, 1.82) is 0 Å². The summed E-state index contributed by atoms with van der Waals surface area (Å²) in [6, 6.07) is 29.5. The monoisotopic (exact) mass is 432 g/mol. The number of nitrogens with one attached hydrogen (secondary N) is 1. The number of carbonyl (C=O) groups is 1. The molecule has 4 aromatic rings. The number of nitrogens with zero attached hydrogens (tertiary/aromatic N) is 1. The summed E-state index contributed by atoms with van der Waals surface area (Å²) in [4.78, 5) is 18.7. The number of hydrogen-bond donors (Lipinski definition) is 1. The Morgan fingerprint density at radius 3 is 2.55 bits per heavy atom. The first-order valence-corrected chi connectivity index (χ1v) is 11.9. The number of fused-ring (bicyclic) bond motifs is 3. The molecule has 0 radical (unpaired) electrons. The van der Waals surface area contributed by atoms with Crippen LogP contribution in [0.3, 0.4) is 0 Å². The highest BCUT2D eigenvalue weighted by atomic mass is 16.2. The van der Waals surface area contributed by atoms with Crippen LogP contribution in [0.4, 0.5) is 5.69 Å². The van der Waals surface area contributed by atoms with E-state index in [0.29, 0.717) is 5.92 Å². The molecule has 33 heavy (non-hydrogen) atoms. The van der Waals surface area contributed by atoms with Crippen LogP contribution in [0.1, 0.15) is 41.9 Å². The Labute approximate surface area is 194 Å². The zero-order valence-electron chi connectivity index (χ0n) is 18.9. The molecule has 2 bridgehead atoms. The van der Waals surface area contributed by atoms with Gasteiger partial charge in [-0.1, -0.05) is 78.4 Å². The lowest BCUT2D eigenvalue weighted by Crippen LogP contribution is -2.42. The van der Waals surface area contributed by atoms with Gasteiger partial charge in [-0.15, -0.1) is 0 Å². The van der Waals surface area contributed by atoms with Gasteiger partial charge in [0.25, 0.3) is 0 Å². The summed E-state index contributed by atoms with van der Waals surface area (Å²) in [5, 5.41) is 4.35. The molecule has 0 spiro atoms. The number of carbonyl (C=O) groups excluding carboxylic acids is 1. The summed E-state index contributed by atoms with van der Waals surface area (Å²) in [6.07, 6.45) is 5.10. The molecule has 3 heteroatoms. The molecule has 0 aliphatic heterocycles. The van der Waals surface area contributed by atoms with Gasteiger partial charge in [0.2, 0.25) is 5.91 Å². The second kappa shape index (κ2) is 7.84. The maximum absolute atomic E-state index is 14.1. The molecule has 2 fully saturated rings. The fourth-order valence-electron chi connectivity index (χ4n) is 6.61. The summed E-state index contributed by atoms with van der Waals surface area (Å²) in [6.45, 7) is 2.12. The number of para-hydroxylation sites is 1. The van der Waals surface area contributed by atoms with E-state index in [-0.39, 0.29) is 23.2 Å². The van der Waals surface area contributed by atoms with Gasteiger partial charge in [0.05, 0.1) is 17.1 Å². The second-order valence-corrected chi connectivity index (χ2v) is 9.81. The third-order valence-electron chi connectivity index (χ3n) is 8.03. The van der Waals surface area contributed by atoms with Gasteiger partial charge < -0.3 is 5.32 Å². The summed E-state index contributed by atoms with van der Waals surface area (Å²) in [5.41, 5.74) is 5.37. The van der Waals surface area contributed by atoms with E-state index >= 15 is 0 Å². The van der Waals surface area contributed by atoms with Crippen LogP contribution in [0.25, 0.3) is 10.9 Å². The summed E-state index contributed by atoms with van der Waals surface area (Å²) in [5.74, 6) is 0.752. The van der Waals surface area contributed by atoms with Crippen LogP contribution >= 0.6 is 0 Å². The highest BCUT2D eigenvalue weighted by molar-refractivity contribution is 6.02. The van der Waals surface area contributed by atoms with E-state index in [1.807, 2.05) is 30.3 Å². The van der Waals surface area contributed by atoms with E-state index in [1.54, 1.807) is 6.20 Å². The molecule has 2 saturated carbocycles. The quantitative estimate of drug-likeness (QED) is 0.393. The largest absolute Gasteiger partial charge is 0.324 e. The average Bonchev–Trinajstić information content (AvgIpc) is 3.44. The lowest BCUT2D eigenvalue weighted by Gasteiger charge is -2.39. The van der Waals surface area contributed by atoms with Crippen molar-refractivity contribution in [1.82, 2.24) is 4.98 Å². The molecule has 1 heterocycles. The van der Waals surface area contributed by atoms with Crippen LogP contribution in [0.5, 0.6) is 0 Å². The zero-order valence-corrected chi connectivity index (χ0v) is 18.9. The fourth-order valence-corrected chi connectivity index (χ4v) is 6.61. The molecule has 0 saturated heterocycles. The van der Waals surface area contributed by atoms with Crippen LogP contribution in [0, 0.1) is 18.8 Å². The molecule has 2 aliphatic rings. The number of amides is 1. The Hall–Kier alpha value is -3.46. The van der Waals surface area contributed by atoms with Crippen molar-refractivity contribution in [2.24, 2.45) is 11.8 Å². The highest BCUT2D eigenvalue weighted by Gasteiger charge is 2.61. The van der Waals surface area contributed by atoms with Gasteiger partial charge in [-0.25, -0.2) is 0 Å². The van der Waals surface area contributed by atoms with Crippen LogP contribution in [-0.4, -0.2) is 10.9 Å². The number of pyridine rings is 1. The Kier molecular flexibility index (Phi) is 4.79. The second-order valence-electron chi connectivity index (χ2n) is 9.81. The number of hydrogen-bond acceptors (Lipinski definition) is 2. The molecule has 2 aliphatic carbocycles. The zero-order chi connectivity index (χ0) is 22.4. The van der Waals surface area contributed by atoms with Crippen LogP contribution in [-0.2, 0) is 10.2 Å². The smallest absolute Gasteiger partial charge is 0.229 e. The summed E-state index contributed by atoms with van der Waals surface area (Å²) < 4.78 is 0. The minimum atomic E-state index is -0.121. The molecule has 164 valence electrons. The number of rotatable bonds is 4. The van der Waals surface area contributed by atoms with Gasteiger partial charge in [0.1, 0.15) is 0 Å². The molecule has 1 aromatic heterocycles. The van der Waals surface area contributed by atoms with Gasteiger partial charge in [-0.2, -0.15) is 0 Å². The maximum Gasteiger partial charge on any atom is 0.229 e. The molecule has 3 nitrogen and oxygen atoms in total. The van der Waals surface area contributed by atoms with E-state index < -0.39 is 0 Å². The first-order valence-electron chi connectivity index (χ1n) is 11.9. The van der Waals surface area contributed by atoms with Crippen molar-refractivity contribution in [3.63, 3.8) is 0 Å². The minimum absolute atomic E-state index is 0.111. The highest BCUT2D eigenvalue weighted by Crippen LogP contribution is 2.64. The van der Waals surface area contributed by atoms with Crippen LogP contribution < -0.4 is 5.32 Å². The van der Waals surface area contributed by atoms with Crippen molar-refractivity contribution in [3.8, 4) is 0 Å². The third-order valence-corrected chi connectivity index (χ3v) is 8.03. The Bertz CT molecular complexity index is 1310. The summed E-state index contributed by atoms with van der Waals surface area (Å²) in [7, 11) is 0. The van der Waals surface area contributed by atoms with E-state index in [2.05, 4.69) is 71.8 Å². The first-order chi connectivity index (χ1) is 16.2. The van der Waals surface area contributed by atoms with Crippen molar-refractivity contribution in [3.05, 3.63) is 108 Å². The van der Waals surface area contributed by atoms with Gasteiger partial charge in [0, 0.05) is 17.0 Å². The molecule has 1 N–H and O–H groups in total. The van der Waals surface area contributed by atoms with Gasteiger partial charge in [0.15, 0.2) is 0 Å². The molecule has 6 rings (SSSR count). The van der Waals surface area contributed by atoms with Crippen molar-refractivity contribution >= 4 is 22.5 Å². The van der Waals surface area contributed by atoms with Crippen LogP contribution in [0.15, 0.2) is 91.1 Å². The first kappa shape index (κ1) is 20.2. The summed E-state index contributed by atoms with van der Waals surface area (Å²) >= 11 is 0. The molecular weight excluding hydrogens is 404 g/mol. The predicted octanol–water partition coefficient (Wildman–Crippen LogP) is 6.63. The average molecular weight is 433 g/mol. The van der Waals surface area contributed by atoms with Crippen molar-refractivity contribution < 1.29 is 4.79 Å². The lowest BCUT2D eigenvalue weighted by molar-refractivity contribution is -0.122. The Morgan fingerprint density at radius 2 is 1.73 bits per heavy atom.